The zero-order chi connectivity index (χ0) is 6.57. The average molecular weight is 127 g/mol. The molecule has 1 unspecified atom stereocenters. The zero-order valence-electron chi connectivity index (χ0n) is 4.11. The van der Waals surface area contributed by atoms with Crippen LogP contribution in [0, 0.1) is 0 Å². The van der Waals surface area contributed by atoms with E-state index in [1.54, 1.807) is 0 Å². The lowest BCUT2D eigenvalue weighted by Crippen LogP contribution is -2.09. The molecule has 1 radical (unpaired) electrons. The molecule has 0 aliphatic heterocycles. The summed E-state index contributed by atoms with van der Waals surface area (Å²) < 4.78 is 33.8. The van der Waals surface area contributed by atoms with E-state index in [1.165, 1.54) is 0 Å². The molecule has 8 heavy (non-hydrogen) atoms. The van der Waals surface area contributed by atoms with Gasteiger partial charge in [-0.05, 0) is 0 Å². The summed E-state index contributed by atoms with van der Waals surface area (Å²) in [6.07, 6.45) is -5.50. The van der Waals surface area contributed by atoms with Crippen LogP contribution >= 0.6 is 0 Å². The minimum atomic E-state index is -2.70. The molecule has 1 atom stereocenters. The summed E-state index contributed by atoms with van der Waals surface area (Å²) in [5.74, 6) is 0. The summed E-state index contributed by atoms with van der Waals surface area (Å²) in [7, 11) is 0. The van der Waals surface area contributed by atoms with Crippen LogP contribution in [-0.4, -0.2) is 19.2 Å². The highest BCUT2D eigenvalue weighted by Crippen LogP contribution is 2.05. The fourth-order valence-corrected chi connectivity index (χ4v) is 0.261. The van der Waals surface area contributed by atoms with Gasteiger partial charge < -0.3 is 0 Å². The van der Waals surface area contributed by atoms with Crippen molar-refractivity contribution in [3.8, 4) is 0 Å². The van der Waals surface area contributed by atoms with Crippen molar-refractivity contribution >= 4 is 0 Å². The number of alkyl halides is 3. The van der Waals surface area contributed by atoms with Gasteiger partial charge in [-0.1, -0.05) is 0 Å². The fourth-order valence-electron chi connectivity index (χ4n) is 0.261. The topological polar surface area (TPSA) is 19.9 Å². The summed E-state index contributed by atoms with van der Waals surface area (Å²) in [6.45, 7) is -1.07. The molecule has 0 rings (SSSR count). The largest absolute Gasteiger partial charge is 0.245 e. The molecule has 0 heterocycles. The first-order chi connectivity index (χ1) is 3.66. The highest BCUT2D eigenvalue weighted by Gasteiger charge is 2.12. The summed E-state index contributed by atoms with van der Waals surface area (Å²) in [6, 6.07) is 0. The second-order valence-corrected chi connectivity index (χ2v) is 1.39. The van der Waals surface area contributed by atoms with E-state index in [2.05, 4.69) is 0 Å². The quantitative estimate of drug-likeness (QED) is 0.546. The lowest BCUT2D eigenvalue weighted by molar-refractivity contribution is 0.0521. The summed E-state index contributed by atoms with van der Waals surface area (Å²) >= 11 is 0. The van der Waals surface area contributed by atoms with E-state index < -0.39 is 25.6 Å². The SMILES string of the molecule is [O]CC(F)CC(F)F. The normalized spacial score (nSPS) is 14.6. The molecule has 0 N–H and O–H groups in total. The highest BCUT2D eigenvalue weighted by molar-refractivity contribution is 4.53. The standard InChI is InChI=1S/C4H6F3O/c5-3(2-8)1-4(6)7/h3-4H,1-2H2. The summed E-state index contributed by atoms with van der Waals surface area (Å²) in [5, 5.41) is 9.46. The van der Waals surface area contributed by atoms with Gasteiger partial charge in [0.15, 0.2) is 0 Å². The van der Waals surface area contributed by atoms with Crippen molar-refractivity contribution in [2.75, 3.05) is 6.61 Å². The Morgan fingerprint density at radius 3 is 1.88 bits per heavy atom. The van der Waals surface area contributed by atoms with Crippen LogP contribution in [0.1, 0.15) is 6.42 Å². The van der Waals surface area contributed by atoms with E-state index >= 15 is 0 Å². The van der Waals surface area contributed by atoms with Crippen LogP contribution in [-0.2, 0) is 5.11 Å². The van der Waals surface area contributed by atoms with Gasteiger partial charge in [0.1, 0.15) is 12.8 Å². The van der Waals surface area contributed by atoms with Crippen molar-refractivity contribution in [3.63, 3.8) is 0 Å². The van der Waals surface area contributed by atoms with E-state index in [9.17, 15) is 18.3 Å². The average Bonchev–Trinajstić information content (AvgIpc) is 1.65. The lowest BCUT2D eigenvalue weighted by atomic mass is 10.3. The van der Waals surface area contributed by atoms with E-state index in [4.69, 9.17) is 0 Å². The molecule has 49 valence electrons. The molecular weight excluding hydrogens is 121 g/mol. The molecule has 0 spiro atoms. The van der Waals surface area contributed by atoms with Crippen molar-refractivity contribution in [2.45, 2.75) is 19.0 Å². The fraction of sp³-hybridized carbons (Fsp3) is 1.00. The Kier molecular flexibility index (Phi) is 3.60. The first-order valence-electron chi connectivity index (χ1n) is 2.17. The predicted molar refractivity (Wildman–Crippen MR) is 21.1 cm³/mol. The molecule has 0 aliphatic rings. The van der Waals surface area contributed by atoms with Gasteiger partial charge in [-0.15, -0.1) is 0 Å². The van der Waals surface area contributed by atoms with Gasteiger partial charge >= 0.3 is 0 Å². The molecule has 0 bridgehead atoms. The van der Waals surface area contributed by atoms with Crippen molar-refractivity contribution in [3.05, 3.63) is 0 Å². The summed E-state index contributed by atoms with van der Waals surface area (Å²) in [4.78, 5) is 0. The monoisotopic (exact) mass is 127 g/mol. The Morgan fingerprint density at radius 2 is 1.75 bits per heavy atom. The molecule has 0 fully saturated rings. The third-order valence-electron chi connectivity index (χ3n) is 0.615. The predicted octanol–water partition coefficient (Wildman–Crippen LogP) is 1.41. The van der Waals surface area contributed by atoms with Crippen molar-refractivity contribution < 1.29 is 18.3 Å². The van der Waals surface area contributed by atoms with E-state index in [-0.39, 0.29) is 0 Å². The molecule has 0 aromatic heterocycles. The second kappa shape index (κ2) is 3.72. The van der Waals surface area contributed by atoms with Crippen molar-refractivity contribution in [1.29, 1.82) is 0 Å². The number of rotatable bonds is 3. The van der Waals surface area contributed by atoms with E-state index in [1.807, 2.05) is 0 Å². The minimum absolute atomic E-state index is 0.927. The maximum atomic E-state index is 11.6. The third-order valence-corrected chi connectivity index (χ3v) is 0.615. The van der Waals surface area contributed by atoms with Gasteiger partial charge in [-0.25, -0.2) is 18.3 Å². The first-order valence-corrected chi connectivity index (χ1v) is 2.17. The van der Waals surface area contributed by atoms with Gasteiger partial charge in [0.25, 0.3) is 0 Å². The Balaban J connectivity index is 3.10. The van der Waals surface area contributed by atoms with Crippen LogP contribution in [0.2, 0.25) is 0 Å². The molecule has 0 amide bonds. The molecule has 4 heteroatoms. The summed E-state index contributed by atoms with van der Waals surface area (Å²) in [5.41, 5.74) is 0. The van der Waals surface area contributed by atoms with Gasteiger partial charge in [-0.2, -0.15) is 0 Å². The Labute approximate surface area is 45.1 Å². The lowest BCUT2D eigenvalue weighted by Gasteiger charge is -1.99. The Bertz CT molecular complexity index is 57.2. The number of hydrogen-bond acceptors (Lipinski definition) is 0. The van der Waals surface area contributed by atoms with Gasteiger partial charge in [0.2, 0.25) is 6.43 Å². The van der Waals surface area contributed by atoms with Crippen LogP contribution < -0.4 is 0 Å². The van der Waals surface area contributed by atoms with Crippen LogP contribution in [0.15, 0.2) is 0 Å². The van der Waals surface area contributed by atoms with Gasteiger partial charge in [0, 0.05) is 6.42 Å². The zero-order valence-corrected chi connectivity index (χ0v) is 4.11. The highest BCUT2D eigenvalue weighted by atomic mass is 19.3. The van der Waals surface area contributed by atoms with Crippen LogP contribution in [0.3, 0.4) is 0 Å². The number of hydrogen-bond donors (Lipinski definition) is 0. The Hall–Kier alpha value is -0.250. The van der Waals surface area contributed by atoms with E-state index in [0.29, 0.717) is 0 Å². The first kappa shape index (κ1) is 7.75. The molecular formula is C4H6F3O. The maximum absolute atomic E-state index is 11.6. The molecule has 0 aromatic carbocycles. The maximum Gasteiger partial charge on any atom is 0.241 e. The molecule has 0 saturated carbocycles. The van der Waals surface area contributed by atoms with Gasteiger partial charge in [-0.3, -0.25) is 0 Å². The van der Waals surface area contributed by atoms with Gasteiger partial charge in [0.05, 0.1) is 0 Å². The molecule has 0 saturated heterocycles. The Morgan fingerprint density at radius 1 is 1.25 bits per heavy atom. The van der Waals surface area contributed by atoms with Crippen molar-refractivity contribution in [2.24, 2.45) is 0 Å². The minimum Gasteiger partial charge on any atom is -0.245 e. The second-order valence-electron chi connectivity index (χ2n) is 1.39. The number of halogens is 3. The van der Waals surface area contributed by atoms with E-state index in [0.717, 1.165) is 0 Å². The van der Waals surface area contributed by atoms with Crippen LogP contribution in [0.4, 0.5) is 13.2 Å². The van der Waals surface area contributed by atoms with Crippen molar-refractivity contribution in [1.82, 2.24) is 0 Å². The molecule has 0 aliphatic carbocycles. The van der Waals surface area contributed by atoms with Crippen LogP contribution in [0.5, 0.6) is 0 Å². The van der Waals surface area contributed by atoms with Crippen LogP contribution in [0.25, 0.3) is 0 Å². The molecule has 0 aromatic rings. The third kappa shape index (κ3) is 3.92. The molecule has 1 nitrogen and oxygen atoms in total. The smallest absolute Gasteiger partial charge is 0.241 e.